The molecule has 1 aromatic rings. The maximum Gasteiger partial charge on any atom is 0.0557 e. The Morgan fingerprint density at radius 3 is 1.83 bits per heavy atom. The second-order valence-corrected chi connectivity index (χ2v) is 4.05. The van der Waals surface area contributed by atoms with E-state index in [1.165, 1.54) is 22.3 Å². The third-order valence-electron chi connectivity index (χ3n) is 2.41. The van der Waals surface area contributed by atoms with E-state index < -0.39 is 0 Å². The highest BCUT2D eigenvalue weighted by Gasteiger charge is 2.04. The molecule has 1 aromatic carbocycles. The topological polar surface area (TPSA) is 0 Å². The monoisotopic (exact) mass is 182 g/mol. The quantitative estimate of drug-likeness (QED) is 0.578. The molecule has 0 radical (unpaired) electrons. The van der Waals surface area contributed by atoms with Crippen LogP contribution in [-0.2, 0) is 0 Å². The van der Waals surface area contributed by atoms with Gasteiger partial charge in [-0.3, -0.25) is 0 Å². The molecule has 0 heterocycles. The summed E-state index contributed by atoms with van der Waals surface area (Å²) in [5.41, 5.74) is 5.25. The number of benzene rings is 1. The number of hydrogen-bond donors (Lipinski definition) is 0. The third kappa shape index (κ3) is 1.81. The highest BCUT2D eigenvalue weighted by Crippen LogP contribution is 2.24. The normalized spacial score (nSPS) is 13.1. The average Bonchev–Trinajstić information content (AvgIpc) is 1.99. The highest BCUT2D eigenvalue weighted by molar-refractivity contribution is 6.20. The molecular formula is C11H15Cl. The van der Waals surface area contributed by atoms with E-state index in [4.69, 9.17) is 11.6 Å². The Balaban J connectivity index is 3.21. The summed E-state index contributed by atoms with van der Waals surface area (Å²) in [4.78, 5) is 0. The largest absolute Gasteiger partial charge is 0.118 e. The third-order valence-corrected chi connectivity index (χ3v) is 2.66. The van der Waals surface area contributed by atoms with Crippen LogP contribution in [0.15, 0.2) is 12.1 Å². The molecule has 0 aliphatic carbocycles. The molecule has 0 bridgehead atoms. The maximum atomic E-state index is 6.00. The van der Waals surface area contributed by atoms with Gasteiger partial charge in [-0.05, 0) is 49.9 Å². The lowest BCUT2D eigenvalue weighted by molar-refractivity contribution is 1.06. The SMILES string of the molecule is Cc1cc(C(C)Cl)cc(C)c1C. The number of alkyl halides is 1. The van der Waals surface area contributed by atoms with Crippen LogP contribution in [0.4, 0.5) is 0 Å². The zero-order valence-corrected chi connectivity index (χ0v) is 8.87. The van der Waals surface area contributed by atoms with E-state index in [2.05, 4.69) is 32.9 Å². The summed E-state index contributed by atoms with van der Waals surface area (Å²) < 4.78 is 0. The van der Waals surface area contributed by atoms with E-state index in [-0.39, 0.29) is 5.38 Å². The minimum atomic E-state index is 0.114. The first-order valence-corrected chi connectivity index (χ1v) is 4.68. The first kappa shape index (κ1) is 9.60. The van der Waals surface area contributed by atoms with Gasteiger partial charge in [-0.25, -0.2) is 0 Å². The molecule has 1 rings (SSSR count). The Labute approximate surface area is 79.6 Å². The van der Waals surface area contributed by atoms with Crippen LogP contribution in [0.25, 0.3) is 0 Å². The molecule has 12 heavy (non-hydrogen) atoms. The Kier molecular flexibility index (Phi) is 2.79. The smallest absolute Gasteiger partial charge is 0.0557 e. The van der Waals surface area contributed by atoms with Gasteiger partial charge in [-0.1, -0.05) is 12.1 Å². The van der Waals surface area contributed by atoms with Crippen LogP contribution in [-0.4, -0.2) is 0 Å². The fourth-order valence-corrected chi connectivity index (χ4v) is 1.42. The summed E-state index contributed by atoms with van der Waals surface area (Å²) in [7, 11) is 0. The minimum absolute atomic E-state index is 0.114. The van der Waals surface area contributed by atoms with Crippen LogP contribution < -0.4 is 0 Å². The van der Waals surface area contributed by atoms with Gasteiger partial charge in [0.1, 0.15) is 0 Å². The fourth-order valence-electron chi connectivity index (χ4n) is 1.30. The molecule has 1 unspecified atom stereocenters. The van der Waals surface area contributed by atoms with Crippen molar-refractivity contribution in [3.05, 3.63) is 34.4 Å². The molecule has 0 fully saturated rings. The standard InChI is InChI=1S/C11H15Cl/c1-7-5-11(10(4)12)6-8(2)9(7)3/h5-6,10H,1-4H3. The predicted molar refractivity (Wildman–Crippen MR) is 54.9 cm³/mol. The van der Waals surface area contributed by atoms with Gasteiger partial charge in [0.25, 0.3) is 0 Å². The minimum Gasteiger partial charge on any atom is -0.118 e. The Morgan fingerprint density at radius 1 is 1.08 bits per heavy atom. The molecule has 0 aromatic heterocycles. The summed E-state index contributed by atoms with van der Waals surface area (Å²) in [6.07, 6.45) is 0. The van der Waals surface area contributed by atoms with E-state index in [1.807, 2.05) is 6.92 Å². The van der Waals surface area contributed by atoms with E-state index >= 15 is 0 Å². The van der Waals surface area contributed by atoms with Crippen molar-refractivity contribution in [2.75, 3.05) is 0 Å². The molecule has 0 aliphatic rings. The molecular weight excluding hydrogens is 168 g/mol. The van der Waals surface area contributed by atoms with Gasteiger partial charge in [0.05, 0.1) is 5.38 Å². The molecule has 1 atom stereocenters. The summed E-state index contributed by atoms with van der Waals surface area (Å²) in [5.74, 6) is 0. The van der Waals surface area contributed by atoms with Crippen LogP contribution in [0.3, 0.4) is 0 Å². The van der Waals surface area contributed by atoms with Crippen molar-refractivity contribution in [3.8, 4) is 0 Å². The van der Waals surface area contributed by atoms with Gasteiger partial charge in [0, 0.05) is 0 Å². The summed E-state index contributed by atoms with van der Waals surface area (Å²) in [6, 6.07) is 4.33. The summed E-state index contributed by atoms with van der Waals surface area (Å²) in [5, 5.41) is 0.114. The van der Waals surface area contributed by atoms with Crippen molar-refractivity contribution >= 4 is 11.6 Å². The summed E-state index contributed by atoms with van der Waals surface area (Å²) in [6.45, 7) is 8.41. The molecule has 66 valence electrons. The number of hydrogen-bond acceptors (Lipinski definition) is 0. The lowest BCUT2D eigenvalue weighted by Crippen LogP contribution is -1.92. The van der Waals surface area contributed by atoms with Gasteiger partial charge < -0.3 is 0 Å². The van der Waals surface area contributed by atoms with Crippen molar-refractivity contribution in [2.45, 2.75) is 33.1 Å². The van der Waals surface area contributed by atoms with E-state index in [1.54, 1.807) is 0 Å². The number of aryl methyl sites for hydroxylation is 2. The summed E-state index contributed by atoms with van der Waals surface area (Å²) >= 11 is 6.00. The van der Waals surface area contributed by atoms with Gasteiger partial charge in [0.15, 0.2) is 0 Å². The lowest BCUT2D eigenvalue weighted by atomic mass is 9.99. The van der Waals surface area contributed by atoms with Gasteiger partial charge >= 0.3 is 0 Å². The second kappa shape index (κ2) is 3.49. The molecule has 0 aliphatic heterocycles. The maximum absolute atomic E-state index is 6.00. The predicted octanol–water partition coefficient (Wildman–Crippen LogP) is 3.91. The van der Waals surface area contributed by atoms with Gasteiger partial charge in [0.2, 0.25) is 0 Å². The van der Waals surface area contributed by atoms with Crippen LogP contribution in [0.1, 0.15) is 34.6 Å². The Morgan fingerprint density at radius 2 is 1.50 bits per heavy atom. The van der Waals surface area contributed by atoms with Crippen molar-refractivity contribution in [1.29, 1.82) is 0 Å². The van der Waals surface area contributed by atoms with Crippen molar-refractivity contribution in [1.82, 2.24) is 0 Å². The van der Waals surface area contributed by atoms with Crippen molar-refractivity contribution in [3.63, 3.8) is 0 Å². The highest BCUT2D eigenvalue weighted by atomic mass is 35.5. The molecule has 0 amide bonds. The average molecular weight is 183 g/mol. The van der Waals surface area contributed by atoms with Crippen molar-refractivity contribution < 1.29 is 0 Å². The Bertz CT molecular complexity index is 264. The van der Waals surface area contributed by atoms with E-state index in [9.17, 15) is 0 Å². The zero-order chi connectivity index (χ0) is 9.30. The van der Waals surface area contributed by atoms with Crippen LogP contribution in [0.2, 0.25) is 0 Å². The van der Waals surface area contributed by atoms with Crippen LogP contribution in [0, 0.1) is 20.8 Å². The van der Waals surface area contributed by atoms with E-state index in [0.717, 1.165) is 0 Å². The first-order chi connectivity index (χ1) is 5.52. The molecule has 1 heteroatoms. The van der Waals surface area contributed by atoms with Crippen LogP contribution >= 0.6 is 11.6 Å². The van der Waals surface area contributed by atoms with E-state index in [0.29, 0.717) is 0 Å². The zero-order valence-electron chi connectivity index (χ0n) is 8.11. The first-order valence-electron chi connectivity index (χ1n) is 4.24. The van der Waals surface area contributed by atoms with Crippen LogP contribution in [0.5, 0.6) is 0 Å². The molecule has 0 N–H and O–H groups in total. The molecule has 0 nitrogen and oxygen atoms in total. The fraction of sp³-hybridized carbons (Fsp3) is 0.455. The van der Waals surface area contributed by atoms with Gasteiger partial charge in [-0.15, -0.1) is 11.6 Å². The van der Waals surface area contributed by atoms with Crippen molar-refractivity contribution in [2.24, 2.45) is 0 Å². The number of halogens is 1. The second-order valence-electron chi connectivity index (χ2n) is 3.40. The number of rotatable bonds is 1. The van der Waals surface area contributed by atoms with Gasteiger partial charge in [-0.2, -0.15) is 0 Å². The Hall–Kier alpha value is -0.490. The molecule has 0 saturated heterocycles. The lowest BCUT2D eigenvalue weighted by Gasteiger charge is -2.10. The molecule has 0 saturated carbocycles. The molecule has 0 spiro atoms.